The molecular weight excluding hydrogens is 404 g/mol. The zero-order valence-electron chi connectivity index (χ0n) is 17.1. The van der Waals surface area contributed by atoms with Gasteiger partial charge in [-0.3, -0.25) is 13.5 Å². The molecule has 0 unspecified atom stereocenters. The largest absolute Gasteiger partial charge is 0.352 e. The van der Waals surface area contributed by atoms with Gasteiger partial charge in [0.15, 0.2) is 11.3 Å². The lowest BCUT2D eigenvalue weighted by Gasteiger charge is -2.37. The molecule has 1 aliphatic rings. The van der Waals surface area contributed by atoms with E-state index < -0.39 is 10.3 Å². The number of rotatable bonds is 3. The van der Waals surface area contributed by atoms with E-state index in [0.29, 0.717) is 17.1 Å². The van der Waals surface area contributed by atoms with Gasteiger partial charge in [0, 0.05) is 30.8 Å². The van der Waals surface area contributed by atoms with E-state index in [2.05, 4.69) is 20.5 Å². The van der Waals surface area contributed by atoms with E-state index in [4.69, 9.17) is 4.98 Å². The summed E-state index contributed by atoms with van der Waals surface area (Å²) in [7, 11) is 0.212. The van der Waals surface area contributed by atoms with Crippen LogP contribution in [0.4, 0.5) is 11.6 Å². The lowest BCUT2D eigenvalue weighted by Crippen LogP contribution is -2.31. The number of aryl methyl sites for hydroxylation is 2. The van der Waals surface area contributed by atoms with Crippen molar-refractivity contribution < 1.29 is 4.55 Å². The molecule has 0 aliphatic carbocycles. The highest BCUT2D eigenvalue weighted by Gasteiger charge is 2.29. The number of nitrogens with zero attached hydrogens (tertiary/aromatic N) is 7. The van der Waals surface area contributed by atoms with Crippen LogP contribution >= 0.6 is 10.3 Å². The van der Waals surface area contributed by atoms with Gasteiger partial charge in [-0.05, 0) is 37.7 Å². The fourth-order valence-corrected chi connectivity index (χ4v) is 5.79. The van der Waals surface area contributed by atoms with Crippen LogP contribution in [-0.2, 0) is 7.05 Å². The van der Waals surface area contributed by atoms with Gasteiger partial charge >= 0.3 is 5.69 Å². The molecule has 10 nitrogen and oxygen atoms in total. The van der Waals surface area contributed by atoms with Crippen molar-refractivity contribution in [2.24, 2.45) is 7.05 Å². The first-order valence-electron chi connectivity index (χ1n) is 9.79. The van der Waals surface area contributed by atoms with E-state index in [9.17, 15) is 9.35 Å². The zero-order chi connectivity index (χ0) is 21.0. The van der Waals surface area contributed by atoms with E-state index >= 15 is 0 Å². The molecule has 4 aromatic rings. The summed E-state index contributed by atoms with van der Waals surface area (Å²) >= 11 is 0. The number of hydrogen-bond acceptors (Lipinski definition) is 7. The molecule has 11 heteroatoms. The summed E-state index contributed by atoms with van der Waals surface area (Å²) in [5.74, 6) is 1.91. The summed E-state index contributed by atoms with van der Waals surface area (Å²) in [4.78, 5) is 22.1. The van der Waals surface area contributed by atoms with Crippen molar-refractivity contribution in [2.45, 2.75) is 25.8 Å². The lowest BCUT2D eigenvalue weighted by atomic mass is 10.1. The van der Waals surface area contributed by atoms with Gasteiger partial charge in [-0.1, -0.05) is 0 Å². The molecule has 1 saturated heterocycles. The van der Waals surface area contributed by atoms with Crippen LogP contribution in [0.1, 0.15) is 24.4 Å². The van der Waals surface area contributed by atoms with Gasteiger partial charge in [0.05, 0.1) is 11.9 Å². The highest BCUT2D eigenvalue weighted by molar-refractivity contribution is 8.28. The first-order chi connectivity index (χ1) is 14.3. The van der Waals surface area contributed by atoms with Crippen LogP contribution in [0.2, 0.25) is 0 Å². The molecule has 5 rings (SSSR count). The van der Waals surface area contributed by atoms with Crippen LogP contribution in [0.5, 0.6) is 0 Å². The Bertz CT molecular complexity index is 1310. The van der Waals surface area contributed by atoms with E-state index in [0.717, 1.165) is 41.2 Å². The maximum Gasteiger partial charge on any atom is 0.330 e. The number of fused-ring (bicyclic) bond motifs is 2. The third kappa shape index (κ3) is 3.14. The molecule has 4 aromatic heterocycles. The van der Waals surface area contributed by atoms with Crippen LogP contribution < -0.4 is 11.0 Å². The molecule has 0 radical (unpaired) electrons. The molecule has 0 aromatic carbocycles. The third-order valence-corrected chi connectivity index (χ3v) is 8.10. The minimum Gasteiger partial charge on any atom is -0.352 e. The number of imidazole rings is 1. The van der Waals surface area contributed by atoms with Gasteiger partial charge in [0.1, 0.15) is 11.8 Å². The molecule has 158 valence electrons. The van der Waals surface area contributed by atoms with Gasteiger partial charge in [0.2, 0.25) is 5.95 Å². The summed E-state index contributed by atoms with van der Waals surface area (Å²) in [6, 6.07) is 1.97. The van der Waals surface area contributed by atoms with Crippen LogP contribution in [0.25, 0.3) is 16.8 Å². The van der Waals surface area contributed by atoms with Crippen molar-refractivity contribution in [3.8, 4) is 0 Å². The predicted molar refractivity (Wildman–Crippen MR) is 118 cm³/mol. The Balaban J connectivity index is 1.54. The van der Waals surface area contributed by atoms with Gasteiger partial charge in [0.25, 0.3) is 0 Å². The van der Waals surface area contributed by atoms with E-state index in [-0.39, 0.29) is 11.7 Å². The van der Waals surface area contributed by atoms with Gasteiger partial charge in [-0.2, -0.15) is 4.98 Å². The maximum atomic E-state index is 13.0. The van der Waals surface area contributed by atoms with Crippen LogP contribution in [0.15, 0.2) is 29.6 Å². The maximum absolute atomic E-state index is 13.0. The summed E-state index contributed by atoms with van der Waals surface area (Å²) in [5, 5.41) is 11.2. The van der Waals surface area contributed by atoms with Crippen molar-refractivity contribution >= 4 is 38.8 Å². The molecule has 30 heavy (non-hydrogen) atoms. The van der Waals surface area contributed by atoms with Crippen LogP contribution in [-0.4, -0.2) is 56.0 Å². The Hall–Kier alpha value is -2.92. The minimum atomic E-state index is -1.53. The Labute approximate surface area is 174 Å². The summed E-state index contributed by atoms with van der Waals surface area (Å²) in [6.45, 7) is 1.98. The topological polar surface area (TPSA) is 115 Å². The normalized spacial score (nSPS) is 24.2. The SMILES string of the molecule is Cc1cc2nncn2cc1Nc1ncc2c(n1)n(C1CCS(C)(O)CC1)c(=O)n2C. The standard InChI is InChI=1S/C19H24N8O2S/c1-12-8-16-24-21-11-26(16)10-14(12)22-18-20-9-15-17(23-18)27(19(28)25(15)2)13-4-6-30(3,29)7-5-13/h8-11,13,29H,4-7H2,1-3H3,(H,20,22,23). The smallest absolute Gasteiger partial charge is 0.330 e. The van der Waals surface area contributed by atoms with Crippen molar-refractivity contribution in [2.75, 3.05) is 23.1 Å². The summed E-state index contributed by atoms with van der Waals surface area (Å²) in [6.07, 6.45) is 8.70. The Kier molecular flexibility index (Phi) is 4.33. The van der Waals surface area contributed by atoms with Crippen molar-refractivity contribution in [3.05, 3.63) is 40.8 Å². The fraction of sp³-hybridized carbons (Fsp3) is 0.421. The number of nitrogens with one attached hydrogen (secondary N) is 1. The van der Waals surface area contributed by atoms with Crippen molar-refractivity contribution in [3.63, 3.8) is 0 Å². The first kappa shape index (κ1) is 19.1. The third-order valence-electron chi connectivity index (χ3n) is 5.87. The second-order valence-electron chi connectivity index (χ2n) is 8.07. The molecular formula is C19H24N8O2S. The Morgan fingerprint density at radius 1 is 1.30 bits per heavy atom. The van der Waals surface area contributed by atoms with E-state index in [1.165, 1.54) is 0 Å². The van der Waals surface area contributed by atoms with E-state index in [1.807, 2.05) is 29.8 Å². The first-order valence-corrected chi connectivity index (χ1v) is 12.1. The number of pyridine rings is 1. The van der Waals surface area contributed by atoms with Gasteiger partial charge in [-0.25, -0.2) is 9.78 Å². The number of anilines is 2. The molecule has 0 amide bonds. The van der Waals surface area contributed by atoms with E-state index in [1.54, 1.807) is 28.7 Å². The minimum absolute atomic E-state index is 0.0341. The molecule has 1 aliphatic heterocycles. The molecule has 2 N–H and O–H groups in total. The summed E-state index contributed by atoms with van der Waals surface area (Å²) in [5.41, 5.74) is 3.80. The second kappa shape index (κ2) is 6.81. The molecule has 0 saturated carbocycles. The van der Waals surface area contributed by atoms with Gasteiger partial charge in [-0.15, -0.1) is 20.5 Å². The quantitative estimate of drug-likeness (QED) is 0.515. The molecule has 1 fully saturated rings. The predicted octanol–water partition coefficient (Wildman–Crippen LogP) is 2.47. The van der Waals surface area contributed by atoms with Crippen LogP contribution in [0, 0.1) is 6.92 Å². The second-order valence-corrected chi connectivity index (χ2v) is 11.3. The van der Waals surface area contributed by atoms with Crippen LogP contribution in [0.3, 0.4) is 0 Å². The Morgan fingerprint density at radius 2 is 2.07 bits per heavy atom. The van der Waals surface area contributed by atoms with Crippen molar-refractivity contribution in [1.29, 1.82) is 0 Å². The number of aromatic nitrogens is 7. The average molecular weight is 429 g/mol. The van der Waals surface area contributed by atoms with Crippen molar-refractivity contribution in [1.82, 2.24) is 33.7 Å². The molecule has 0 atom stereocenters. The van der Waals surface area contributed by atoms with Gasteiger partial charge < -0.3 is 9.87 Å². The molecule has 5 heterocycles. The monoisotopic (exact) mass is 428 g/mol. The zero-order valence-corrected chi connectivity index (χ0v) is 17.9. The number of hydrogen-bond donors (Lipinski definition) is 2. The Morgan fingerprint density at radius 3 is 2.83 bits per heavy atom. The lowest BCUT2D eigenvalue weighted by molar-refractivity contribution is 0.444. The highest BCUT2D eigenvalue weighted by Crippen LogP contribution is 2.47. The average Bonchev–Trinajstić information content (AvgIpc) is 3.25. The fourth-order valence-electron chi connectivity index (χ4n) is 4.03. The molecule has 0 spiro atoms. The summed E-state index contributed by atoms with van der Waals surface area (Å²) < 4.78 is 15.5. The molecule has 0 bridgehead atoms. The highest BCUT2D eigenvalue weighted by atomic mass is 32.3.